The number of aldehydes is 1. The first-order valence-electron chi connectivity index (χ1n) is 6.00. The molecule has 0 saturated heterocycles. The van der Waals surface area contributed by atoms with Gasteiger partial charge in [0.05, 0.1) is 5.56 Å². The van der Waals surface area contributed by atoms with Crippen LogP contribution in [0.15, 0.2) is 30.3 Å². The zero-order chi connectivity index (χ0) is 14.3. The van der Waals surface area contributed by atoms with E-state index in [0.717, 1.165) is 11.7 Å². The van der Waals surface area contributed by atoms with E-state index < -0.39 is 18.2 Å². The minimum absolute atomic E-state index is 0.354. The van der Waals surface area contributed by atoms with E-state index in [9.17, 15) is 14.4 Å². The van der Waals surface area contributed by atoms with E-state index in [0.29, 0.717) is 22.1 Å². The van der Waals surface area contributed by atoms with Gasteiger partial charge in [0.1, 0.15) is 0 Å². The molecule has 2 aromatic carbocycles. The molecule has 0 saturated carbocycles. The summed E-state index contributed by atoms with van der Waals surface area (Å²) in [5.41, 5.74) is 1.32. The lowest BCUT2D eigenvalue weighted by Crippen LogP contribution is -2.07. The van der Waals surface area contributed by atoms with Crippen LogP contribution in [0.2, 0.25) is 0 Å². The Kier molecular flexibility index (Phi) is 2.75. The van der Waals surface area contributed by atoms with Crippen LogP contribution in [0.4, 0.5) is 0 Å². The molecule has 0 radical (unpaired) electrons. The molecule has 0 amide bonds. The van der Waals surface area contributed by atoms with E-state index in [1.807, 2.05) is 0 Å². The fraction of sp³-hybridized carbons (Fsp3) is 0.133. The third-order valence-corrected chi connectivity index (χ3v) is 3.17. The number of benzene rings is 2. The van der Waals surface area contributed by atoms with Crippen molar-refractivity contribution in [2.45, 2.75) is 13.2 Å². The number of rotatable bonds is 2. The molecule has 2 aromatic rings. The summed E-state index contributed by atoms with van der Waals surface area (Å²) in [4.78, 5) is 33.9. The molecular formula is C15H10O5. The van der Waals surface area contributed by atoms with Crippen LogP contribution >= 0.6 is 0 Å². The van der Waals surface area contributed by atoms with Crippen molar-refractivity contribution in [1.82, 2.24) is 0 Å². The van der Waals surface area contributed by atoms with Crippen LogP contribution in [-0.2, 0) is 14.3 Å². The third kappa shape index (κ3) is 1.84. The molecule has 5 heteroatoms. The van der Waals surface area contributed by atoms with Crippen LogP contribution in [-0.4, -0.2) is 18.2 Å². The SMILES string of the molecule is CC(=O)OC1OC(=O)c2cc3cccc(C=O)c3cc21. The number of ether oxygens (including phenoxy) is 2. The Morgan fingerprint density at radius 3 is 2.85 bits per heavy atom. The Hall–Kier alpha value is -2.69. The largest absolute Gasteiger partial charge is 0.421 e. The summed E-state index contributed by atoms with van der Waals surface area (Å²) in [7, 11) is 0. The Morgan fingerprint density at radius 1 is 1.35 bits per heavy atom. The molecule has 100 valence electrons. The number of hydrogen-bond acceptors (Lipinski definition) is 5. The lowest BCUT2D eigenvalue weighted by Gasteiger charge is -2.10. The number of hydrogen-bond donors (Lipinski definition) is 0. The van der Waals surface area contributed by atoms with Gasteiger partial charge in [-0.2, -0.15) is 0 Å². The fourth-order valence-corrected chi connectivity index (χ4v) is 2.30. The monoisotopic (exact) mass is 270 g/mol. The molecule has 0 N–H and O–H groups in total. The highest BCUT2D eigenvalue weighted by molar-refractivity contribution is 6.04. The lowest BCUT2D eigenvalue weighted by molar-refractivity contribution is -0.164. The molecule has 20 heavy (non-hydrogen) atoms. The maximum Gasteiger partial charge on any atom is 0.342 e. The zero-order valence-electron chi connectivity index (χ0n) is 10.6. The van der Waals surface area contributed by atoms with Gasteiger partial charge in [0.15, 0.2) is 6.29 Å². The van der Waals surface area contributed by atoms with E-state index in [-0.39, 0.29) is 0 Å². The van der Waals surface area contributed by atoms with Crippen molar-refractivity contribution < 1.29 is 23.9 Å². The van der Waals surface area contributed by atoms with Gasteiger partial charge in [-0.15, -0.1) is 0 Å². The zero-order valence-corrected chi connectivity index (χ0v) is 10.6. The van der Waals surface area contributed by atoms with Gasteiger partial charge in [-0.05, 0) is 22.9 Å². The lowest BCUT2D eigenvalue weighted by atomic mass is 9.99. The molecule has 0 spiro atoms. The minimum atomic E-state index is -1.04. The van der Waals surface area contributed by atoms with Crippen molar-refractivity contribution in [1.29, 1.82) is 0 Å². The second kappa shape index (κ2) is 4.45. The summed E-state index contributed by atoms with van der Waals surface area (Å²) >= 11 is 0. The Morgan fingerprint density at radius 2 is 2.15 bits per heavy atom. The van der Waals surface area contributed by atoms with Gasteiger partial charge >= 0.3 is 11.9 Å². The highest BCUT2D eigenvalue weighted by Crippen LogP contribution is 2.35. The van der Waals surface area contributed by atoms with Crippen molar-refractivity contribution in [3.05, 3.63) is 47.0 Å². The van der Waals surface area contributed by atoms with Gasteiger partial charge in [-0.3, -0.25) is 9.59 Å². The number of fused-ring (bicyclic) bond motifs is 2. The van der Waals surface area contributed by atoms with Gasteiger partial charge in [0.2, 0.25) is 0 Å². The van der Waals surface area contributed by atoms with Crippen molar-refractivity contribution >= 4 is 29.0 Å². The topological polar surface area (TPSA) is 69.7 Å². The number of esters is 2. The molecule has 0 aromatic heterocycles. The molecule has 3 rings (SSSR count). The quantitative estimate of drug-likeness (QED) is 0.619. The summed E-state index contributed by atoms with van der Waals surface area (Å²) in [5.74, 6) is -1.08. The smallest absolute Gasteiger partial charge is 0.342 e. The maximum atomic E-state index is 11.8. The van der Waals surface area contributed by atoms with Crippen molar-refractivity contribution in [3.63, 3.8) is 0 Å². The molecule has 1 aliphatic rings. The number of carbonyl (C=O) groups excluding carboxylic acids is 3. The molecule has 5 nitrogen and oxygen atoms in total. The minimum Gasteiger partial charge on any atom is -0.421 e. The first kappa shape index (κ1) is 12.3. The van der Waals surface area contributed by atoms with Crippen LogP contribution in [0.3, 0.4) is 0 Å². The van der Waals surface area contributed by atoms with Crippen LogP contribution in [0, 0.1) is 0 Å². The second-order valence-corrected chi connectivity index (χ2v) is 4.47. The molecule has 0 fully saturated rings. The highest BCUT2D eigenvalue weighted by Gasteiger charge is 2.33. The second-order valence-electron chi connectivity index (χ2n) is 4.47. The normalized spacial score (nSPS) is 16.6. The van der Waals surface area contributed by atoms with Crippen molar-refractivity contribution in [2.24, 2.45) is 0 Å². The average Bonchev–Trinajstić information content (AvgIpc) is 2.71. The average molecular weight is 270 g/mol. The Bertz CT molecular complexity index is 747. The van der Waals surface area contributed by atoms with Gasteiger partial charge in [0, 0.05) is 18.1 Å². The molecule has 0 aliphatic carbocycles. The van der Waals surface area contributed by atoms with Crippen molar-refractivity contribution in [3.8, 4) is 0 Å². The predicted octanol–water partition coefficient (Wildman–Crippen LogP) is 2.38. The van der Waals surface area contributed by atoms with Crippen LogP contribution in [0.1, 0.15) is 39.5 Å². The van der Waals surface area contributed by atoms with E-state index in [4.69, 9.17) is 9.47 Å². The van der Waals surface area contributed by atoms with Crippen LogP contribution in [0.25, 0.3) is 10.8 Å². The van der Waals surface area contributed by atoms with Gasteiger partial charge in [-0.1, -0.05) is 18.2 Å². The fourth-order valence-electron chi connectivity index (χ4n) is 2.30. The number of carbonyl (C=O) groups is 3. The summed E-state index contributed by atoms with van der Waals surface area (Å²) in [6.07, 6.45) is -0.299. The number of cyclic esters (lactones) is 1. The first-order chi connectivity index (χ1) is 9.60. The molecular weight excluding hydrogens is 260 g/mol. The Balaban J connectivity index is 2.22. The van der Waals surface area contributed by atoms with Gasteiger partial charge in [-0.25, -0.2) is 4.79 Å². The van der Waals surface area contributed by atoms with Crippen LogP contribution < -0.4 is 0 Å². The van der Waals surface area contributed by atoms with E-state index >= 15 is 0 Å². The maximum absolute atomic E-state index is 11.8. The van der Waals surface area contributed by atoms with E-state index in [2.05, 4.69) is 0 Å². The molecule has 0 bridgehead atoms. The highest BCUT2D eigenvalue weighted by atomic mass is 16.7. The van der Waals surface area contributed by atoms with Gasteiger partial charge in [0.25, 0.3) is 6.29 Å². The Labute approximate surface area is 114 Å². The third-order valence-electron chi connectivity index (χ3n) is 3.17. The van der Waals surface area contributed by atoms with Crippen LogP contribution in [0.5, 0.6) is 0 Å². The molecule has 1 aliphatic heterocycles. The van der Waals surface area contributed by atoms with E-state index in [1.54, 1.807) is 30.3 Å². The van der Waals surface area contributed by atoms with E-state index in [1.165, 1.54) is 6.92 Å². The standard InChI is InChI=1S/C15H10O5/c1-8(17)19-15-13-6-11-9(3-2-4-10(11)7-16)5-12(13)14(18)20-15/h2-7,15H,1H3. The summed E-state index contributed by atoms with van der Waals surface area (Å²) in [6.45, 7) is 1.24. The molecule has 1 unspecified atom stereocenters. The summed E-state index contributed by atoms with van der Waals surface area (Å²) < 4.78 is 9.98. The van der Waals surface area contributed by atoms with Gasteiger partial charge < -0.3 is 9.47 Å². The predicted molar refractivity (Wildman–Crippen MR) is 69.3 cm³/mol. The van der Waals surface area contributed by atoms with Crippen molar-refractivity contribution in [2.75, 3.05) is 0 Å². The molecule has 1 atom stereocenters. The first-order valence-corrected chi connectivity index (χ1v) is 6.00. The summed E-state index contributed by atoms with van der Waals surface area (Å²) in [5, 5.41) is 1.45. The summed E-state index contributed by atoms with van der Waals surface area (Å²) in [6, 6.07) is 8.52. The molecule has 1 heterocycles.